The molecule has 2 aromatic heterocycles. The summed E-state index contributed by atoms with van der Waals surface area (Å²) in [7, 11) is 0. The average molecular weight is 584 g/mol. The van der Waals surface area contributed by atoms with Crippen molar-refractivity contribution in [3.05, 3.63) is 123 Å². The summed E-state index contributed by atoms with van der Waals surface area (Å²) in [5.41, 5.74) is 9.81. The zero-order chi connectivity index (χ0) is 30.1. The molecular weight excluding hydrogens is 556 g/mol. The van der Waals surface area contributed by atoms with Crippen LogP contribution in [0.5, 0.6) is 0 Å². The van der Waals surface area contributed by atoms with Gasteiger partial charge < -0.3 is 15.4 Å². The first-order chi connectivity index (χ1) is 20.7. The standard InChI is InChI=1S/C31H27F2N7O3/c32-22-14-21(15-23(33)16-22)27-7-8-29(41)40(36-27)17-19-1-6-26(34)25(13-19)30(35)28-18-39(37-28)24-4-2-20(3-5-24)31(42)38-9-11-43-12-10-38/h1-8,13-16,18,35,37H,9-12,17,34H2. The molecule has 1 aliphatic heterocycles. The molecule has 0 unspecified atom stereocenters. The molecule has 0 saturated carbocycles. The summed E-state index contributed by atoms with van der Waals surface area (Å²) in [6, 6.07) is 18.0. The van der Waals surface area contributed by atoms with E-state index in [1.807, 2.05) is 12.1 Å². The number of amides is 1. The minimum atomic E-state index is -0.746. The van der Waals surface area contributed by atoms with Crippen molar-refractivity contribution in [2.75, 3.05) is 32.0 Å². The van der Waals surface area contributed by atoms with Crippen molar-refractivity contribution >= 4 is 17.3 Å². The first-order valence-electron chi connectivity index (χ1n) is 13.5. The van der Waals surface area contributed by atoms with Gasteiger partial charge in [0.05, 0.1) is 48.7 Å². The summed E-state index contributed by atoms with van der Waals surface area (Å²) in [4.78, 5) is 27.0. The maximum atomic E-state index is 13.7. The van der Waals surface area contributed by atoms with E-state index in [1.165, 1.54) is 16.8 Å². The molecule has 1 fully saturated rings. The van der Waals surface area contributed by atoms with Gasteiger partial charge in [-0.25, -0.2) is 13.5 Å². The number of halogens is 2. The molecule has 10 nitrogen and oxygen atoms in total. The fourth-order valence-corrected chi connectivity index (χ4v) is 4.88. The predicted octanol–water partition coefficient (Wildman–Crippen LogP) is 3.83. The van der Waals surface area contributed by atoms with E-state index in [0.29, 0.717) is 54.4 Å². The lowest BCUT2D eigenvalue weighted by Gasteiger charge is -2.27. The van der Waals surface area contributed by atoms with Gasteiger partial charge in [-0.3, -0.25) is 24.8 Å². The van der Waals surface area contributed by atoms with Crippen molar-refractivity contribution < 1.29 is 18.3 Å². The van der Waals surface area contributed by atoms with Gasteiger partial charge in [-0.2, -0.15) is 5.10 Å². The van der Waals surface area contributed by atoms with Gasteiger partial charge in [0, 0.05) is 47.6 Å². The molecule has 3 aromatic carbocycles. The SMILES string of the molecule is N=C(c1cn(-c2ccc(C(=O)N3CCOCC3)cc2)[nH]1)c1cc(Cn2nc(-c3cc(F)cc(F)c3)ccc2=O)ccc1N. The number of rotatable bonds is 7. The normalized spacial score (nSPS) is 13.3. The molecular formula is C31H27F2N7O3. The van der Waals surface area contributed by atoms with E-state index in [1.54, 1.807) is 46.1 Å². The van der Waals surface area contributed by atoms with E-state index in [0.717, 1.165) is 23.9 Å². The Morgan fingerprint density at radius 3 is 2.37 bits per heavy atom. The van der Waals surface area contributed by atoms with Crippen LogP contribution in [0.3, 0.4) is 0 Å². The molecule has 1 aliphatic rings. The second-order valence-corrected chi connectivity index (χ2v) is 10.1. The number of nitrogens with zero attached hydrogens (tertiary/aromatic N) is 4. The number of aromatic nitrogens is 4. The van der Waals surface area contributed by atoms with Gasteiger partial charge in [0.25, 0.3) is 11.5 Å². The molecule has 5 aromatic rings. The number of hydrogen-bond donors (Lipinski definition) is 3. The first kappa shape index (κ1) is 27.8. The van der Waals surface area contributed by atoms with Crippen LogP contribution < -0.4 is 11.3 Å². The average Bonchev–Trinajstić information content (AvgIpc) is 2.98. The quantitative estimate of drug-likeness (QED) is 0.198. The molecule has 0 spiro atoms. The van der Waals surface area contributed by atoms with Crippen LogP contribution in [0.25, 0.3) is 16.9 Å². The number of carbonyl (C=O) groups excluding carboxylic acids is 1. The van der Waals surface area contributed by atoms with Crippen LogP contribution in [0, 0.1) is 17.0 Å². The van der Waals surface area contributed by atoms with Crippen LogP contribution in [-0.2, 0) is 11.3 Å². The zero-order valence-electron chi connectivity index (χ0n) is 22.9. The Balaban J connectivity index is 1.17. The topological polar surface area (TPSA) is 135 Å². The minimum Gasteiger partial charge on any atom is -0.398 e. The molecule has 1 saturated heterocycles. The molecule has 12 heteroatoms. The fourth-order valence-electron chi connectivity index (χ4n) is 4.88. The summed E-state index contributed by atoms with van der Waals surface area (Å²) >= 11 is 0. The van der Waals surface area contributed by atoms with E-state index in [9.17, 15) is 18.4 Å². The van der Waals surface area contributed by atoms with Gasteiger partial charge in [0.15, 0.2) is 0 Å². The molecule has 0 bridgehead atoms. The highest BCUT2D eigenvalue weighted by Gasteiger charge is 2.19. The highest BCUT2D eigenvalue weighted by molar-refractivity contribution is 6.13. The minimum absolute atomic E-state index is 0.0353. The van der Waals surface area contributed by atoms with Gasteiger partial charge in [-0.15, -0.1) is 0 Å². The van der Waals surface area contributed by atoms with Gasteiger partial charge in [-0.1, -0.05) is 6.07 Å². The van der Waals surface area contributed by atoms with Crippen molar-refractivity contribution in [3.8, 4) is 16.9 Å². The number of nitrogens with one attached hydrogen (secondary N) is 2. The molecule has 43 heavy (non-hydrogen) atoms. The Bertz CT molecular complexity index is 1850. The third-order valence-corrected chi connectivity index (χ3v) is 7.20. The molecule has 0 radical (unpaired) electrons. The van der Waals surface area contributed by atoms with Crippen LogP contribution in [0.4, 0.5) is 14.5 Å². The monoisotopic (exact) mass is 583 g/mol. The Hall–Kier alpha value is -5.36. The lowest BCUT2D eigenvalue weighted by molar-refractivity contribution is 0.0303. The maximum Gasteiger partial charge on any atom is 0.267 e. The Morgan fingerprint density at radius 1 is 0.977 bits per heavy atom. The van der Waals surface area contributed by atoms with Crippen molar-refractivity contribution in [1.82, 2.24) is 24.5 Å². The molecule has 218 valence electrons. The number of nitrogen functional groups attached to an aromatic ring is 1. The number of benzene rings is 3. The first-order valence-corrected chi connectivity index (χ1v) is 13.5. The van der Waals surface area contributed by atoms with Crippen LogP contribution in [0.2, 0.25) is 0 Å². The number of aromatic amines is 1. The number of carbonyl (C=O) groups is 1. The lowest BCUT2D eigenvalue weighted by Crippen LogP contribution is -2.40. The molecule has 6 rings (SSSR count). The molecule has 1 amide bonds. The van der Waals surface area contributed by atoms with Gasteiger partial charge in [0.2, 0.25) is 0 Å². The smallest absolute Gasteiger partial charge is 0.267 e. The van der Waals surface area contributed by atoms with Crippen molar-refractivity contribution in [2.45, 2.75) is 6.54 Å². The van der Waals surface area contributed by atoms with E-state index in [2.05, 4.69) is 10.2 Å². The summed E-state index contributed by atoms with van der Waals surface area (Å²) in [5, 5.41) is 16.1. The highest BCUT2D eigenvalue weighted by atomic mass is 19.1. The largest absolute Gasteiger partial charge is 0.398 e. The molecule has 0 atom stereocenters. The van der Waals surface area contributed by atoms with Crippen LogP contribution in [-0.4, -0.2) is 62.4 Å². The van der Waals surface area contributed by atoms with E-state index < -0.39 is 17.2 Å². The predicted molar refractivity (Wildman–Crippen MR) is 157 cm³/mol. The van der Waals surface area contributed by atoms with Crippen LogP contribution in [0.15, 0.2) is 83.8 Å². The molecule has 4 N–H and O–H groups in total. The number of H-pyrrole nitrogens is 1. The van der Waals surface area contributed by atoms with Gasteiger partial charge in [-0.05, 0) is 60.2 Å². The third kappa shape index (κ3) is 5.86. The Morgan fingerprint density at radius 2 is 1.67 bits per heavy atom. The number of nitrogens with two attached hydrogens (primary N) is 1. The zero-order valence-corrected chi connectivity index (χ0v) is 22.9. The number of anilines is 1. The lowest BCUT2D eigenvalue weighted by atomic mass is 10.0. The molecule has 0 aliphatic carbocycles. The second-order valence-electron chi connectivity index (χ2n) is 10.1. The van der Waals surface area contributed by atoms with E-state index >= 15 is 0 Å². The van der Waals surface area contributed by atoms with Crippen molar-refractivity contribution in [3.63, 3.8) is 0 Å². The van der Waals surface area contributed by atoms with Crippen molar-refractivity contribution in [2.24, 2.45) is 0 Å². The molecule has 3 heterocycles. The number of ether oxygens (including phenoxy) is 1. The highest BCUT2D eigenvalue weighted by Crippen LogP contribution is 2.22. The Kier molecular flexibility index (Phi) is 7.43. The van der Waals surface area contributed by atoms with E-state index in [-0.39, 0.29) is 29.4 Å². The van der Waals surface area contributed by atoms with Crippen LogP contribution >= 0.6 is 0 Å². The van der Waals surface area contributed by atoms with Crippen LogP contribution in [0.1, 0.15) is 27.2 Å². The number of morpholine rings is 1. The second kappa shape index (κ2) is 11.5. The van der Waals surface area contributed by atoms with Gasteiger partial charge in [0.1, 0.15) is 11.6 Å². The summed E-state index contributed by atoms with van der Waals surface area (Å²) in [6.07, 6.45) is 1.75. The number of hydrogen-bond acceptors (Lipinski definition) is 6. The van der Waals surface area contributed by atoms with Gasteiger partial charge >= 0.3 is 0 Å². The fraction of sp³-hybridized carbons (Fsp3) is 0.161. The maximum absolute atomic E-state index is 13.7. The summed E-state index contributed by atoms with van der Waals surface area (Å²) in [6.45, 7) is 2.27. The summed E-state index contributed by atoms with van der Waals surface area (Å²) in [5.74, 6) is -1.53. The third-order valence-electron chi connectivity index (χ3n) is 7.20. The van der Waals surface area contributed by atoms with E-state index in [4.69, 9.17) is 15.9 Å². The summed E-state index contributed by atoms with van der Waals surface area (Å²) < 4.78 is 35.7. The van der Waals surface area contributed by atoms with Crippen molar-refractivity contribution in [1.29, 1.82) is 5.41 Å². The Labute approximate surface area is 244 Å².